The second-order valence-electron chi connectivity index (χ2n) is 6.63. The number of aryl methyl sites for hydroxylation is 2. The summed E-state index contributed by atoms with van der Waals surface area (Å²) in [6, 6.07) is 5.75. The minimum atomic E-state index is -0.322. The summed E-state index contributed by atoms with van der Waals surface area (Å²) < 4.78 is 0. The largest absolute Gasteiger partial charge is 0.324 e. The quantitative estimate of drug-likeness (QED) is 0.871. The first-order valence-electron chi connectivity index (χ1n) is 8.19. The number of benzene rings is 1. The maximum Gasteiger partial charge on any atom is 0.244 e. The highest BCUT2D eigenvalue weighted by molar-refractivity contribution is 6.08. The number of hydrogen-bond acceptors (Lipinski definition) is 3. The lowest BCUT2D eigenvalue weighted by Gasteiger charge is -2.19. The summed E-state index contributed by atoms with van der Waals surface area (Å²) in [6.07, 6.45) is 3.51. The first kappa shape index (κ1) is 15.7. The van der Waals surface area contributed by atoms with E-state index in [0.29, 0.717) is 0 Å². The Morgan fingerprint density at radius 3 is 2.30 bits per heavy atom. The SMILES string of the molecule is Cc1ccc(NC(=O)CN2C(=O)[C@H]3CCCC[C@H]3C2=O)c(C)c1. The van der Waals surface area contributed by atoms with Crippen molar-refractivity contribution in [1.29, 1.82) is 0 Å². The Morgan fingerprint density at radius 2 is 1.74 bits per heavy atom. The number of anilines is 1. The molecular formula is C18H22N2O3. The fraction of sp³-hybridized carbons (Fsp3) is 0.500. The number of imide groups is 1. The number of nitrogens with one attached hydrogen (secondary N) is 1. The van der Waals surface area contributed by atoms with Gasteiger partial charge in [0.15, 0.2) is 0 Å². The molecule has 5 nitrogen and oxygen atoms in total. The average Bonchev–Trinajstić information content (AvgIpc) is 2.76. The van der Waals surface area contributed by atoms with E-state index in [0.717, 1.165) is 47.4 Å². The fourth-order valence-electron chi connectivity index (χ4n) is 3.67. The van der Waals surface area contributed by atoms with E-state index in [9.17, 15) is 14.4 Å². The van der Waals surface area contributed by atoms with Gasteiger partial charge in [-0.2, -0.15) is 0 Å². The van der Waals surface area contributed by atoms with Crippen LogP contribution in [0.5, 0.6) is 0 Å². The van der Waals surface area contributed by atoms with E-state index in [4.69, 9.17) is 0 Å². The van der Waals surface area contributed by atoms with Gasteiger partial charge in [-0.05, 0) is 38.3 Å². The minimum Gasteiger partial charge on any atom is -0.324 e. The first-order chi connectivity index (χ1) is 11.0. The molecule has 1 aromatic carbocycles. The van der Waals surface area contributed by atoms with Crippen LogP contribution in [0.1, 0.15) is 36.8 Å². The number of rotatable bonds is 3. The average molecular weight is 314 g/mol. The van der Waals surface area contributed by atoms with Crippen molar-refractivity contribution in [1.82, 2.24) is 4.90 Å². The van der Waals surface area contributed by atoms with Crippen LogP contribution in [0, 0.1) is 25.7 Å². The molecule has 1 N–H and O–H groups in total. The van der Waals surface area contributed by atoms with Crippen molar-refractivity contribution >= 4 is 23.4 Å². The molecule has 2 aliphatic rings. The number of hydrogen-bond donors (Lipinski definition) is 1. The van der Waals surface area contributed by atoms with Gasteiger partial charge in [0, 0.05) is 5.69 Å². The van der Waals surface area contributed by atoms with Crippen LogP contribution in [0.25, 0.3) is 0 Å². The fourth-order valence-corrected chi connectivity index (χ4v) is 3.67. The molecule has 0 spiro atoms. The Hall–Kier alpha value is -2.17. The number of nitrogens with zero attached hydrogens (tertiary/aromatic N) is 1. The summed E-state index contributed by atoms with van der Waals surface area (Å²) in [7, 11) is 0. The van der Waals surface area contributed by atoms with Crippen molar-refractivity contribution in [2.75, 3.05) is 11.9 Å². The van der Waals surface area contributed by atoms with E-state index in [-0.39, 0.29) is 36.1 Å². The number of carbonyl (C=O) groups is 3. The molecule has 0 aromatic heterocycles. The molecule has 3 rings (SSSR count). The Morgan fingerprint density at radius 1 is 1.13 bits per heavy atom. The molecule has 0 radical (unpaired) electrons. The van der Waals surface area contributed by atoms with Crippen molar-refractivity contribution in [3.8, 4) is 0 Å². The summed E-state index contributed by atoms with van der Waals surface area (Å²) in [6.45, 7) is 3.73. The standard InChI is InChI=1S/C18H22N2O3/c1-11-7-8-15(12(2)9-11)19-16(21)10-20-17(22)13-5-3-4-6-14(13)18(20)23/h7-9,13-14H,3-6,10H2,1-2H3,(H,19,21)/t13-,14+. The lowest BCUT2D eigenvalue weighted by atomic mass is 9.81. The summed E-state index contributed by atoms with van der Waals surface area (Å²) in [5.41, 5.74) is 2.80. The second kappa shape index (κ2) is 6.14. The highest BCUT2D eigenvalue weighted by Crippen LogP contribution is 2.37. The highest BCUT2D eigenvalue weighted by atomic mass is 16.2. The monoisotopic (exact) mass is 314 g/mol. The topological polar surface area (TPSA) is 66.5 Å². The summed E-state index contributed by atoms with van der Waals surface area (Å²) in [4.78, 5) is 38.1. The van der Waals surface area contributed by atoms with E-state index in [1.807, 2.05) is 32.0 Å². The van der Waals surface area contributed by atoms with E-state index in [2.05, 4.69) is 5.32 Å². The van der Waals surface area contributed by atoms with Crippen LogP contribution in [-0.4, -0.2) is 29.2 Å². The van der Waals surface area contributed by atoms with Crippen LogP contribution in [0.15, 0.2) is 18.2 Å². The van der Waals surface area contributed by atoms with Gasteiger partial charge in [-0.25, -0.2) is 0 Å². The smallest absolute Gasteiger partial charge is 0.244 e. The van der Waals surface area contributed by atoms with Crippen LogP contribution in [0.3, 0.4) is 0 Å². The molecule has 23 heavy (non-hydrogen) atoms. The summed E-state index contributed by atoms with van der Waals surface area (Å²) in [5.74, 6) is -1.07. The Kier molecular flexibility index (Phi) is 4.20. The van der Waals surface area contributed by atoms with Crippen LogP contribution >= 0.6 is 0 Å². The van der Waals surface area contributed by atoms with E-state index in [1.165, 1.54) is 0 Å². The Bertz CT molecular complexity index is 644. The molecule has 0 bridgehead atoms. The molecule has 1 heterocycles. The van der Waals surface area contributed by atoms with Crippen molar-refractivity contribution in [2.24, 2.45) is 11.8 Å². The maximum absolute atomic E-state index is 12.4. The molecule has 2 fully saturated rings. The second-order valence-corrected chi connectivity index (χ2v) is 6.63. The van der Waals surface area contributed by atoms with E-state index in [1.54, 1.807) is 0 Å². The molecule has 1 aromatic rings. The van der Waals surface area contributed by atoms with Gasteiger partial charge in [0.2, 0.25) is 17.7 Å². The zero-order valence-electron chi connectivity index (χ0n) is 13.6. The molecule has 1 aliphatic heterocycles. The van der Waals surface area contributed by atoms with Crippen molar-refractivity contribution in [3.05, 3.63) is 29.3 Å². The van der Waals surface area contributed by atoms with Crippen LogP contribution in [0.4, 0.5) is 5.69 Å². The van der Waals surface area contributed by atoms with Gasteiger partial charge in [-0.15, -0.1) is 0 Å². The third-order valence-electron chi connectivity index (χ3n) is 4.89. The van der Waals surface area contributed by atoms with Gasteiger partial charge in [-0.1, -0.05) is 30.5 Å². The third-order valence-corrected chi connectivity index (χ3v) is 4.89. The highest BCUT2D eigenvalue weighted by Gasteiger charge is 2.48. The van der Waals surface area contributed by atoms with Gasteiger partial charge in [-0.3, -0.25) is 19.3 Å². The van der Waals surface area contributed by atoms with Crippen molar-refractivity contribution in [2.45, 2.75) is 39.5 Å². The van der Waals surface area contributed by atoms with Crippen molar-refractivity contribution < 1.29 is 14.4 Å². The summed E-state index contributed by atoms with van der Waals surface area (Å²) in [5, 5.41) is 2.80. The van der Waals surface area contributed by atoms with Crippen LogP contribution < -0.4 is 5.32 Å². The lowest BCUT2D eigenvalue weighted by molar-refractivity contribution is -0.142. The predicted molar refractivity (Wildman–Crippen MR) is 86.7 cm³/mol. The van der Waals surface area contributed by atoms with Gasteiger partial charge in [0.1, 0.15) is 6.54 Å². The molecule has 122 valence electrons. The normalized spacial score (nSPS) is 23.8. The molecule has 5 heteroatoms. The number of amides is 3. The van der Waals surface area contributed by atoms with Gasteiger partial charge in [0.25, 0.3) is 0 Å². The summed E-state index contributed by atoms with van der Waals surface area (Å²) >= 11 is 0. The lowest BCUT2D eigenvalue weighted by Crippen LogP contribution is -2.38. The first-order valence-corrected chi connectivity index (χ1v) is 8.19. The van der Waals surface area contributed by atoms with Crippen LogP contribution in [0.2, 0.25) is 0 Å². The molecular weight excluding hydrogens is 292 g/mol. The molecule has 2 atom stereocenters. The molecule has 1 aliphatic carbocycles. The van der Waals surface area contributed by atoms with Crippen LogP contribution in [-0.2, 0) is 14.4 Å². The Balaban J connectivity index is 1.68. The van der Waals surface area contributed by atoms with Gasteiger partial charge < -0.3 is 5.32 Å². The predicted octanol–water partition coefficient (Wildman–Crippen LogP) is 2.42. The maximum atomic E-state index is 12.4. The molecule has 0 unspecified atom stereocenters. The minimum absolute atomic E-state index is 0.171. The van der Waals surface area contributed by atoms with Gasteiger partial charge >= 0.3 is 0 Å². The van der Waals surface area contributed by atoms with Crippen molar-refractivity contribution in [3.63, 3.8) is 0 Å². The van der Waals surface area contributed by atoms with E-state index >= 15 is 0 Å². The number of likely N-dealkylation sites (tertiary alicyclic amines) is 1. The van der Waals surface area contributed by atoms with E-state index < -0.39 is 0 Å². The van der Waals surface area contributed by atoms with Gasteiger partial charge in [0.05, 0.1) is 11.8 Å². The number of fused-ring (bicyclic) bond motifs is 1. The number of carbonyl (C=O) groups excluding carboxylic acids is 3. The third kappa shape index (κ3) is 3.00. The Labute approximate surface area is 136 Å². The molecule has 1 saturated heterocycles. The zero-order chi connectivity index (χ0) is 16.6. The zero-order valence-corrected chi connectivity index (χ0v) is 13.6. The molecule has 1 saturated carbocycles. The molecule has 3 amide bonds.